The van der Waals surface area contributed by atoms with E-state index in [0.717, 1.165) is 12.0 Å². The second kappa shape index (κ2) is 4.35. The van der Waals surface area contributed by atoms with Gasteiger partial charge in [0, 0.05) is 6.42 Å². The van der Waals surface area contributed by atoms with Crippen LogP contribution in [0.3, 0.4) is 0 Å². The van der Waals surface area contributed by atoms with Gasteiger partial charge in [0.1, 0.15) is 0 Å². The summed E-state index contributed by atoms with van der Waals surface area (Å²) in [6.45, 7) is 10.9. The Hall–Kier alpha value is -1.55. The Morgan fingerprint density at radius 2 is 2.33 bits per heavy atom. The van der Waals surface area contributed by atoms with E-state index in [1.807, 2.05) is 24.3 Å². The lowest BCUT2D eigenvalue weighted by molar-refractivity contribution is 1.08. The third-order valence-corrected chi connectivity index (χ3v) is 1.70. The quantitative estimate of drug-likeness (QED) is 0.594. The Kier molecular flexibility index (Phi) is 3.10. The van der Waals surface area contributed by atoms with Crippen molar-refractivity contribution in [2.45, 2.75) is 6.42 Å². The van der Waals surface area contributed by atoms with Gasteiger partial charge in [0.25, 0.3) is 0 Å². The van der Waals surface area contributed by atoms with Crippen LogP contribution in [0.4, 0.5) is 0 Å². The van der Waals surface area contributed by atoms with Crippen LogP contribution in [-0.4, -0.2) is 6.54 Å². The SMILES string of the molecule is [C-]#[N+]CCc1cccc(C=C)c1. The maximum absolute atomic E-state index is 6.66. The predicted molar refractivity (Wildman–Crippen MR) is 51.7 cm³/mol. The van der Waals surface area contributed by atoms with Crippen molar-refractivity contribution in [3.63, 3.8) is 0 Å². The molecule has 0 atom stereocenters. The summed E-state index contributed by atoms with van der Waals surface area (Å²) in [5.74, 6) is 0. The van der Waals surface area contributed by atoms with Crippen molar-refractivity contribution in [1.29, 1.82) is 0 Å². The van der Waals surface area contributed by atoms with Crippen molar-refractivity contribution in [3.8, 4) is 0 Å². The molecule has 0 saturated carbocycles. The lowest BCUT2D eigenvalue weighted by Gasteiger charge is -1.96. The van der Waals surface area contributed by atoms with Gasteiger partial charge in [0.05, 0.1) is 0 Å². The molecule has 12 heavy (non-hydrogen) atoms. The molecule has 0 spiro atoms. The molecule has 1 aromatic carbocycles. The summed E-state index contributed by atoms with van der Waals surface area (Å²) in [7, 11) is 0. The number of hydrogen-bond acceptors (Lipinski definition) is 0. The van der Waals surface area contributed by atoms with Crippen molar-refractivity contribution in [2.24, 2.45) is 0 Å². The second-order valence-electron chi connectivity index (χ2n) is 2.58. The molecule has 1 aromatic rings. The normalized spacial score (nSPS) is 8.92. The highest BCUT2D eigenvalue weighted by Gasteiger charge is 1.94. The Bertz CT molecular complexity index is 307. The molecule has 0 aliphatic heterocycles. The molecule has 0 N–H and O–H groups in total. The zero-order chi connectivity index (χ0) is 8.81. The van der Waals surface area contributed by atoms with Gasteiger partial charge in [-0.25, -0.2) is 6.57 Å². The minimum Gasteiger partial charge on any atom is -0.317 e. The Morgan fingerprint density at radius 3 is 3.00 bits per heavy atom. The lowest BCUT2D eigenvalue weighted by atomic mass is 10.1. The fourth-order valence-corrected chi connectivity index (χ4v) is 1.06. The summed E-state index contributed by atoms with van der Waals surface area (Å²) in [6, 6.07) is 8.11. The number of hydrogen-bond donors (Lipinski definition) is 0. The van der Waals surface area contributed by atoms with E-state index in [9.17, 15) is 0 Å². The molecule has 1 nitrogen and oxygen atoms in total. The van der Waals surface area contributed by atoms with E-state index in [1.54, 1.807) is 0 Å². The molecule has 0 amide bonds. The van der Waals surface area contributed by atoms with Crippen LogP contribution in [0.25, 0.3) is 10.9 Å². The van der Waals surface area contributed by atoms with Gasteiger partial charge in [0.15, 0.2) is 0 Å². The van der Waals surface area contributed by atoms with Gasteiger partial charge < -0.3 is 4.85 Å². The summed E-state index contributed by atoms with van der Waals surface area (Å²) in [5, 5.41) is 0. The maximum atomic E-state index is 6.66. The smallest absolute Gasteiger partial charge is 0.218 e. The molecule has 0 bridgehead atoms. The zero-order valence-electron chi connectivity index (χ0n) is 6.96. The van der Waals surface area contributed by atoms with Crippen molar-refractivity contribution in [2.75, 3.05) is 6.54 Å². The minimum absolute atomic E-state index is 0.570. The Labute approximate surface area is 73.2 Å². The third-order valence-electron chi connectivity index (χ3n) is 1.70. The summed E-state index contributed by atoms with van der Waals surface area (Å²) in [4.78, 5) is 3.31. The topological polar surface area (TPSA) is 4.36 Å². The predicted octanol–water partition coefficient (Wildman–Crippen LogP) is 2.79. The summed E-state index contributed by atoms with van der Waals surface area (Å²) in [5.41, 5.74) is 2.33. The Morgan fingerprint density at radius 1 is 1.50 bits per heavy atom. The molecule has 60 valence electrons. The number of nitrogens with zero attached hydrogens (tertiary/aromatic N) is 1. The molecule has 0 saturated heterocycles. The minimum atomic E-state index is 0.570. The molecular weight excluding hydrogens is 146 g/mol. The molecule has 0 aliphatic rings. The first-order valence-electron chi connectivity index (χ1n) is 3.91. The van der Waals surface area contributed by atoms with Crippen LogP contribution in [0.1, 0.15) is 11.1 Å². The van der Waals surface area contributed by atoms with Crippen LogP contribution in [0, 0.1) is 6.57 Å². The zero-order valence-corrected chi connectivity index (χ0v) is 6.96. The highest BCUT2D eigenvalue weighted by molar-refractivity contribution is 5.47. The van der Waals surface area contributed by atoms with E-state index in [-0.39, 0.29) is 0 Å². The van der Waals surface area contributed by atoms with Gasteiger partial charge in [0.2, 0.25) is 6.54 Å². The molecule has 0 radical (unpaired) electrons. The maximum Gasteiger partial charge on any atom is 0.218 e. The number of rotatable bonds is 3. The molecule has 0 fully saturated rings. The van der Waals surface area contributed by atoms with Crippen molar-refractivity contribution in [3.05, 3.63) is 53.4 Å². The Balaban J connectivity index is 2.74. The van der Waals surface area contributed by atoms with Gasteiger partial charge in [-0.3, -0.25) is 0 Å². The van der Waals surface area contributed by atoms with E-state index in [0.29, 0.717) is 6.54 Å². The van der Waals surface area contributed by atoms with Gasteiger partial charge in [-0.1, -0.05) is 36.9 Å². The largest absolute Gasteiger partial charge is 0.317 e. The molecule has 0 aliphatic carbocycles. The highest BCUT2D eigenvalue weighted by Crippen LogP contribution is 2.06. The monoisotopic (exact) mass is 157 g/mol. The third kappa shape index (κ3) is 2.25. The van der Waals surface area contributed by atoms with Crippen LogP contribution in [0.5, 0.6) is 0 Å². The van der Waals surface area contributed by atoms with Crippen molar-refractivity contribution < 1.29 is 0 Å². The standard InChI is InChI=1S/C11H11N/c1-3-10-5-4-6-11(9-10)7-8-12-2/h3-6,9H,1,7-8H2. The van der Waals surface area contributed by atoms with Crippen LogP contribution >= 0.6 is 0 Å². The summed E-state index contributed by atoms with van der Waals surface area (Å²) in [6.07, 6.45) is 2.66. The highest BCUT2D eigenvalue weighted by atomic mass is 14.6. The lowest BCUT2D eigenvalue weighted by Crippen LogP contribution is -1.87. The van der Waals surface area contributed by atoms with E-state index < -0.39 is 0 Å². The van der Waals surface area contributed by atoms with E-state index >= 15 is 0 Å². The van der Waals surface area contributed by atoms with Crippen molar-refractivity contribution in [1.82, 2.24) is 0 Å². The molecule has 1 rings (SSSR count). The van der Waals surface area contributed by atoms with Crippen LogP contribution in [-0.2, 0) is 6.42 Å². The first kappa shape index (κ1) is 8.55. The summed E-state index contributed by atoms with van der Waals surface area (Å²) >= 11 is 0. The van der Waals surface area contributed by atoms with Crippen LogP contribution in [0.2, 0.25) is 0 Å². The van der Waals surface area contributed by atoms with E-state index in [4.69, 9.17) is 6.57 Å². The summed E-state index contributed by atoms with van der Waals surface area (Å²) < 4.78 is 0. The van der Waals surface area contributed by atoms with Gasteiger partial charge in [-0.05, 0) is 11.1 Å². The molecule has 0 heterocycles. The van der Waals surface area contributed by atoms with Gasteiger partial charge in [-0.15, -0.1) is 0 Å². The van der Waals surface area contributed by atoms with E-state index in [1.165, 1.54) is 5.56 Å². The average molecular weight is 157 g/mol. The van der Waals surface area contributed by atoms with Gasteiger partial charge >= 0.3 is 0 Å². The van der Waals surface area contributed by atoms with Crippen LogP contribution in [0.15, 0.2) is 30.8 Å². The van der Waals surface area contributed by atoms with Gasteiger partial charge in [-0.2, -0.15) is 0 Å². The second-order valence-corrected chi connectivity index (χ2v) is 2.58. The van der Waals surface area contributed by atoms with E-state index in [2.05, 4.69) is 17.5 Å². The van der Waals surface area contributed by atoms with Crippen molar-refractivity contribution >= 4 is 6.08 Å². The molecule has 0 unspecified atom stereocenters. The number of benzene rings is 1. The first-order valence-corrected chi connectivity index (χ1v) is 3.91. The fraction of sp³-hybridized carbons (Fsp3) is 0.182. The van der Waals surface area contributed by atoms with Crippen LogP contribution < -0.4 is 0 Å². The fourth-order valence-electron chi connectivity index (χ4n) is 1.06. The first-order chi connectivity index (χ1) is 5.86. The molecule has 0 aromatic heterocycles. The molecular formula is C11H11N. The molecule has 1 heteroatoms. The average Bonchev–Trinajstić information content (AvgIpc) is 2.15.